The van der Waals surface area contributed by atoms with Crippen molar-refractivity contribution in [2.75, 3.05) is 0 Å². The number of aromatic nitrogens is 2. The Morgan fingerprint density at radius 2 is 2.09 bits per heavy atom. The molecule has 1 heterocycles. The van der Waals surface area contributed by atoms with Crippen molar-refractivity contribution in [3.8, 4) is 0 Å². The Bertz CT molecular complexity index is 530. The molecule has 0 bridgehead atoms. The highest BCUT2D eigenvalue weighted by Crippen LogP contribution is 2.34. The molecule has 0 atom stereocenters. The molecule has 0 saturated heterocycles. The standard InChI is InChI=1S/C16H25N3O3/c1-3-9-19-11-13(10-17-19)14(20)18-16(15(21)22)7-5-12(4-2)6-8-16/h10-12H,3-9H2,1-2H3,(H,18,20)(H,21,22). The Morgan fingerprint density at radius 3 is 2.64 bits per heavy atom. The second kappa shape index (κ2) is 6.94. The number of nitrogens with zero attached hydrogens (tertiary/aromatic N) is 2. The quantitative estimate of drug-likeness (QED) is 0.845. The van der Waals surface area contributed by atoms with Crippen LogP contribution in [0.5, 0.6) is 0 Å². The smallest absolute Gasteiger partial charge is 0.329 e. The summed E-state index contributed by atoms with van der Waals surface area (Å²) in [5.74, 6) is -0.715. The molecule has 0 spiro atoms. The number of hydrogen-bond donors (Lipinski definition) is 2. The van der Waals surface area contributed by atoms with Gasteiger partial charge in [0.05, 0.1) is 11.8 Å². The molecule has 6 nitrogen and oxygen atoms in total. The van der Waals surface area contributed by atoms with Crippen molar-refractivity contribution in [2.24, 2.45) is 5.92 Å². The molecule has 1 aromatic rings. The fourth-order valence-electron chi connectivity index (χ4n) is 3.09. The average Bonchev–Trinajstić information content (AvgIpc) is 2.97. The molecule has 22 heavy (non-hydrogen) atoms. The van der Waals surface area contributed by atoms with E-state index in [0.29, 0.717) is 24.3 Å². The fourth-order valence-corrected chi connectivity index (χ4v) is 3.09. The van der Waals surface area contributed by atoms with Crippen LogP contribution >= 0.6 is 0 Å². The molecule has 1 aromatic heterocycles. The van der Waals surface area contributed by atoms with E-state index in [9.17, 15) is 14.7 Å². The van der Waals surface area contributed by atoms with Crippen LogP contribution in [-0.2, 0) is 11.3 Å². The minimum atomic E-state index is -1.13. The van der Waals surface area contributed by atoms with Crippen LogP contribution in [0, 0.1) is 5.92 Å². The molecule has 1 fully saturated rings. The zero-order valence-electron chi connectivity index (χ0n) is 13.3. The van der Waals surface area contributed by atoms with E-state index in [1.807, 2.05) is 6.92 Å². The molecule has 1 aliphatic rings. The third kappa shape index (κ3) is 3.48. The number of nitrogens with one attached hydrogen (secondary N) is 1. The Labute approximate surface area is 130 Å². The van der Waals surface area contributed by atoms with Crippen molar-refractivity contribution in [2.45, 2.75) is 64.5 Å². The lowest BCUT2D eigenvalue weighted by molar-refractivity contribution is -0.146. The summed E-state index contributed by atoms with van der Waals surface area (Å²) < 4.78 is 1.70. The van der Waals surface area contributed by atoms with Gasteiger partial charge in [0.1, 0.15) is 5.54 Å². The Kier molecular flexibility index (Phi) is 5.21. The van der Waals surface area contributed by atoms with E-state index in [0.717, 1.165) is 32.2 Å². The number of carboxylic acids is 1. The molecule has 1 saturated carbocycles. The van der Waals surface area contributed by atoms with Gasteiger partial charge < -0.3 is 10.4 Å². The third-order valence-corrected chi connectivity index (χ3v) is 4.65. The second-order valence-electron chi connectivity index (χ2n) is 6.19. The minimum absolute atomic E-state index is 0.347. The van der Waals surface area contributed by atoms with E-state index >= 15 is 0 Å². The van der Waals surface area contributed by atoms with Gasteiger partial charge >= 0.3 is 5.97 Å². The molecule has 0 unspecified atom stereocenters. The highest BCUT2D eigenvalue weighted by molar-refractivity contribution is 5.97. The number of hydrogen-bond acceptors (Lipinski definition) is 3. The molecule has 0 aromatic carbocycles. The van der Waals surface area contributed by atoms with E-state index < -0.39 is 11.5 Å². The van der Waals surface area contributed by atoms with Gasteiger partial charge in [-0.25, -0.2) is 4.79 Å². The monoisotopic (exact) mass is 307 g/mol. The first-order chi connectivity index (χ1) is 10.5. The van der Waals surface area contributed by atoms with E-state index in [-0.39, 0.29) is 5.91 Å². The summed E-state index contributed by atoms with van der Waals surface area (Å²) in [6, 6.07) is 0. The highest BCUT2D eigenvalue weighted by atomic mass is 16.4. The molecule has 6 heteroatoms. The zero-order valence-corrected chi connectivity index (χ0v) is 13.3. The molecule has 0 radical (unpaired) electrons. The van der Waals surface area contributed by atoms with Crippen LogP contribution in [0.25, 0.3) is 0 Å². The number of amides is 1. The maximum Gasteiger partial charge on any atom is 0.329 e. The van der Waals surface area contributed by atoms with Crippen molar-refractivity contribution in [3.63, 3.8) is 0 Å². The largest absolute Gasteiger partial charge is 0.480 e. The zero-order chi connectivity index (χ0) is 16.2. The van der Waals surface area contributed by atoms with E-state index in [2.05, 4.69) is 17.3 Å². The van der Waals surface area contributed by atoms with Gasteiger partial charge in [-0.1, -0.05) is 20.3 Å². The fraction of sp³-hybridized carbons (Fsp3) is 0.688. The lowest BCUT2D eigenvalue weighted by Gasteiger charge is -2.37. The van der Waals surface area contributed by atoms with Crippen molar-refractivity contribution in [1.29, 1.82) is 0 Å². The van der Waals surface area contributed by atoms with Gasteiger partial charge in [0.2, 0.25) is 0 Å². The van der Waals surface area contributed by atoms with Crippen LogP contribution in [0.15, 0.2) is 12.4 Å². The van der Waals surface area contributed by atoms with E-state index in [1.165, 1.54) is 6.20 Å². The lowest BCUT2D eigenvalue weighted by Crippen LogP contribution is -2.56. The number of carbonyl (C=O) groups is 2. The van der Waals surface area contributed by atoms with Crippen LogP contribution in [0.1, 0.15) is 62.7 Å². The number of aliphatic carboxylic acids is 1. The normalized spacial score (nSPS) is 24.9. The molecule has 1 aliphatic carbocycles. The minimum Gasteiger partial charge on any atom is -0.480 e. The van der Waals surface area contributed by atoms with Crippen LogP contribution in [0.2, 0.25) is 0 Å². The highest BCUT2D eigenvalue weighted by Gasteiger charge is 2.43. The summed E-state index contributed by atoms with van der Waals surface area (Å²) in [6.07, 6.45) is 7.85. The van der Waals surface area contributed by atoms with Crippen molar-refractivity contribution < 1.29 is 14.7 Å². The molecule has 2 N–H and O–H groups in total. The lowest BCUT2D eigenvalue weighted by atomic mass is 9.75. The summed E-state index contributed by atoms with van der Waals surface area (Å²) in [5.41, 5.74) is -0.706. The van der Waals surface area contributed by atoms with Gasteiger partial charge in [-0.3, -0.25) is 9.48 Å². The first-order valence-electron chi connectivity index (χ1n) is 8.09. The van der Waals surface area contributed by atoms with Gasteiger partial charge in [-0.05, 0) is 38.0 Å². The van der Waals surface area contributed by atoms with Gasteiger partial charge in [0.25, 0.3) is 5.91 Å². The summed E-state index contributed by atoms with van der Waals surface area (Å²) in [5, 5.41) is 16.5. The van der Waals surface area contributed by atoms with E-state index in [4.69, 9.17) is 0 Å². The maximum absolute atomic E-state index is 12.4. The summed E-state index contributed by atoms with van der Waals surface area (Å²) in [4.78, 5) is 24.1. The van der Waals surface area contributed by atoms with Crippen LogP contribution < -0.4 is 5.32 Å². The molecule has 122 valence electrons. The average molecular weight is 307 g/mol. The van der Waals surface area contributed by atoms with Gasteiger partial charge in [-0.15, -0.1) is 0 Å². The third-order valence-electron chi connectivity index (χ3n) is 4.65. The number of rotatable bonds is 6. The number of carbonyl (C=O) groups excluding carboxylic acids is 1. The number of carboxylic acid groups (broad SMARTS) is 1. The predicted molar refractivity (Wildman–Crippen MR) is 82.6 cm³/mol. The molecular formula is C16H25N3O3. The number of aryl methyl sites for hydroxylation is 1. The summed E-state index contributed by atoms with van der Waals surface area (Å²) >= 11 is 0. The molecule has 0 aliphatic heterocycles. The first kappa shape index (κ1) is 16.5. The second-order valence-corrected chi connectivity index (χ2v) is 6.19. The van der Waals surface area contributed by atoms with Crippen LogP contribution in [0.3, 0.4) is 0 Å². The first-order valence-corrected chi connectivity index (χ1v) is 8.09. The van der Waals surface area contributed by atoms with Crippen molar-refractivity contribution >= 4 is 11.9 Å². The predicted octanol–water partition coefficient (Wildman–Crippen LogP) is 2.45. The molecular weight excluding hydrogens is 282 g/mol. The SMILES string of the molecule is CCCn1cc(C(=O)NC2(C(=O)O)CCC(CC)CC2)cn1. The van der Waals surface area contributed by atoms with Gasteiger partial charge in [0.15, 0.2) is 0 Å². The van der Waals surface area contributed by atoms with Crippen LogP contribution in [-0.4, -0.2) is 32.3 Å². The van der Waals surface area contributed by atoms with E-state index in [1.54, 1.807) is 10.9 Å². The van der Waals surface area contributed by atoms with Gasteiger partial charge in [-0.2, -0.15) is 5.10 Å². The Balaban J connectivity index is 2.07. The van der Waals surface area contributed by atoms with Crippen molar-refractivity contribution in [3.05, 3.63) is 18.0 Å². The molecule has 2 rings (SSSR count). The Hall–Kier alpha value is -1.85. The summed E-state index contributed by atoms with van der Waals surface area (Å²) in [7, 11) is 0. The van der Waals surface area contributed by atoms with Crippen molar-refractivity contribution in [1.82, 2.24) is 15.1 Å². The maximum atomic E-state index is 12.4. The molecule has 1 amide bonds. The summed E-state index contributed by atoms with van der Waals surface area (Å²) in [6.45, 7) is 4.90. The van der Waals surface area contributed by atoms with Crippen LogP contribution in [0.4, 0.5) is 0 Å². The topological polar surface area (TPSA) is 84.2 Å². The Morgan fingerprint density at radius 1 is 1.41 bits per heavy atom. The van der Waals surface area contributed by atoms with Gasteiger partial charge in [0, 0.05) is 12.7 Å².